The second kappa shape index (κ2) is 8.27. The molecule has 5 rings (SSSR count). The van der Waals surface area contributed by atoms with Crippen LogP contribution in [0.3, 0.4) is 0 Å². The lowest BCUT2D eigenvalue weighted by Gasteiger charge is -2.31. The second-order valence-corrected chi connectivity index (χ2v) is 7.93. The highest BCUT2D eigenvalue weighted by Gasteiger charge is 2.33. The van der Waals surface area contributed by atoms with Gasteiger partial charge in [-0.15, -0.1) is 0 Å². The maximum Gasteiger partial charge on any atom is 0.244 e. The van der Waals surface area contributed by atoms with E-state index in [9.17, 15) is 14.0 Å². The summed E-state index contributed by atoms with van der Waals surface area (Å²) in [7, 11) is 0. The number of halogens is 1. The molecule has 1 atom stereocenters. The lowest BCUT2D eigenvalue weighted by Crippen LogP contribution is -2.39. The number of amides is 2. The fraction of sp³-hybridized carbons (Fsp3) is 0.111. The highest BCUT2D eigenvalue weighted by Crippen LogP contribution is 2.36. The van der Waals surface area contributed by atoms with Crippen LogP contribution < -0.4 is 5.32 Å². The van der Waals surface area contributed by atoms with Crippen molar-refractivity contribution in [2.75, 3.05) is 11.9 Å². The molecule has 0 bridgehead atoms. The molecule has 0 fully saturated rings. The van der Waals surface area contributed by atoms with Gasteiger partial charge in [0.1, 0.15) is 12.4 Å². The summed E-state index contributed by atoms with van der Waals surface area (Å²) in [5, 5.41) is 4.89. The highest BCUT2D eigenvalue weighted by molar-refractivity contribution is 5.98. The van der Waals surface area contributed by atoms with E-state index in [1.807, 2.05) is 72.8 Å². The summed E-state index contributed by atoms with van der Waals surface area (Å²) in [6.45, 7) is -0.112. The standard InChI is InChI=1S/C27H21FN2O2/c28-21-13-14-24-23(16-21)27(19-8-2-1-3-9-19)30(17-25(31)29-24)26(32)15-20-11-6-10-18-7-4-5-12-22(18)20/h1-14,16,27H,15,17H2,(H,29,31). The fourth-order valence-corrected chi connectivity index (χ4v) is 4.42. The van der Waals surface area contributed by atoms with Gasteiger partial charge < -0.3 is 10.2 Å². The quantitative estimate of drug-likeness (QED) is 0.498. The predicted octanol–water partition coefficient (Wildman–Crippen LogP) is 5.09. The van der Waals surface area contributed by atoms with E-state index in [2.05, 4.69) is 5.32 Å². The van der Waals surface area contributed by atoms with Gasteiger partial charge in [0.15, 0.2) is 0 Å². The number of hydrogen-bond acceptors (Lipinski definition) is 2. The zero-order valence-electron chi connectivity index (χ0n) is 17.3. The predicted molar refractivity (Wildman–Crippen MR) is 123 cm³/mol. The number of carbonyl (C=O) groups is 2. The van der Waals surface area contributed by atoms with Gasteiger partial charge in [-0.2, -0.15) is 0 Å². The SMILES string of the molecule is O=C1CN(C(=O)Cc2cccc3ccccc23)C(c2ccccc2)c2cc(F)ccc2N1. The Labute approximate surface area is 185 Å². The first-order valence-corrected chi connectivity index (χ1v) is 10.5. The molecule has 0 aliphatic carbocycles. The van der Waals surface area contributed by atoms with Crippen LogP contribution in [-0.2, 0) is 16.0 Å². The minimum atomic E-state index is -0.580. The van der Waals surface area contributed by atoms with Gasteiger partial charge in [0.05, 0.1) is 12.5 Å². The van der Waals surface area contributed by atoms with E-state index in [0.29, 0.717) is 11.3 Å². The van der Waals surface area contributed by atoms with Crippen molar-refractivity contribution in [2.24, 2.45) is 0 Å². The third-order valence-electron chi connectivity index (χ3n) is 5.87. The average Bonchev–Trinajstić information content (AvgIpc) is 2.95. The maximum atomic E-state index is 14.2. The summed E-state index contributed by atoms with van der Waals surface area (Å²) in [6, 6.07) is 26.9. The highest BCUT2D eigenvalue weighted by atomic mass is 19.1. The molecule has 0 saturated carbocycles. The first-order valence-electron chi connectivity index (χ1n) is 10.5. The van der Waals surface area contributed by atoms with Crippen molar-refractivity contribution >= 4 is 28.3 Å². The summed E-state index contributed by atoms with van der Waals surface area (Å²) in [4.78, 5) is 27.9. The molecule has 4 aromatic carbocycles. The number of nitrogens with zero attached hydrogens (tertiary/aromatic N) is 1. The topological polar surface area (TPSA) is 49.4 Å². The molecule has 1 aliphatic rings. The van der Waals surface area contributed by atoms with E-state index in [-0.39, 0.29) is 24.8 Å². The Morgan fingerprint density at radius 3 is 2.53 bits per heavy atom. The normalized spacial score (nSPS) is 15.7. The molecule has 0 saturated heterocycles. The number of rotatable bonds is 3. The molecule has 1 aliphatic heterocycles. The Morgan fingerprint density at radius 1 is 0.938 bits per heavy atom. The van der Waals surface area contributed by atoms with Gasteiger partial charge in [-0.3, -0.25) is 9.59 Å². The molecule has 4 aromatic rings. The summed E-state index contributed by atoms with van der Waals surface area (Å²) < 4.78 is 14.2. The number of nitrogens with one attached hydrogen (secondary N) is 1. The first kappa shape index (κ1) is 19.9. The van der Waals surface area contributed by atoms with Crippen LogP contribution in [0.25, 0.3) is 10.8 Å². The molecule has 1 unspecified atom stereocenters. The van der Waals surface area contributed by atoms with E-state index in [1.54, 1.807) is 11.0 Å². The molecule has 4 nitrogen and oxygen atoms in total. The van der Waals surface area contributed by atoms with Crippen molar-refractivity contribution in [1.29, 1.82) is 0 Å². The zero-order valence-corrected chi connectivity index (χ0v) is 17.3. The monoisotopic (exact) mass is 424 g/mol. The molecule has 158 valence electrons. The van der Waals surface area contributed by atoms with E-state index in [4.69, 9.17) is 0 Å². The number of fused-ring (bicyclic) bond motifs is 2. The van der Waals surface area contributed by atoms with E-state index < -0.39 is 11.9 Å². The molecule has 32 heavy (non-hydrogen) atoms. The van der Waals surface area contributed by atoms with E-state index in [0.717, 1.165) is 21.9 Å². The average molecular weight is 424 g/mol. The van der Waals surface area contributed by atoms with Crippen LogP contribution in [0.5, 0.6) is 0 Å². The van der Waals surface area contributed by atoms with Crippen LogP contribution in [0.4, 0.5) is 10.1 Å². The molecule has 1 N–H and O–H groups in total. The van der Waals surface area contributed by atoms with Gasteiger partial charge in [-0.05, 0) is 40.1 Å². The van der Waals surface area contributed by atoms with E-state index >= 15 is 0 Å². The van der Waals surface area contributed by atoms with Crippen molar-refractivity contribution < 1.29 is 14.0 Å². The van der Waals surface area contributed by atoms with Gasteiger partial charge in [0, 0.05) is 11.3 Å². The summed E-state index contributed by atoms with van der Waals surface area (Å²) in [5.41, 5.74) is 2.80. The summed E-state index contributed by atoms with van der Waals surface area (Å²) in [5.74, 6) is -0.910. The van der Waals surface area contributed by atoms with Crippen LogP contribution in [0, 0.1) is 5.82 Å². The van der Waals surface area contributed by atoms with Crippen molar-refractivity contribution in [3.05, 3.63) is 114 Å². The Kier molecular flexibility index (Phi) is 5.15. The van der Waals surface area contributed by atoms with Gasteiger partial charge in [0.25, 0.3) is 0 Å². The fourth-order valence-electron chi connectivity index (χ4n) is 4.42. The Bertz CT molecular complexity index is 1310. The smallest absolute Gasteiger partial charge is 0.244 e. The lowest BCUT2D eigenvalue weighted by atomic mass is 9.94. The van der Waals surface area contributed by atoms with Gasteiger partial charge in [-0.1, -0.05) is 72.8 Å². The van der Waals surface area contributed by atoms with Gasteiger partial charge in [-0.25, -0.2) is 4.39 Å². The van der Waals surface area contributed by atoms with Crippen LogP contribution >= 0.6 is 0 Å². The summed E-state index contributed by atoms with van der Waals surface area (Å²) >= 11 is 0. The second-order valence-electron chi connectivity index (χ2n) is 7.93. The first-order chi connectivity index (χ1) is 15.6. The molecule has 5 heteroatoms. The third-order valence-corrected chi connectivity index (χ3v) is 5.87. The third kappa shape index (κ3) is 3.73. The van der Waals surface area contributed by atoms with Crippen molar-refractivity contribution in [3.63, 3.8) is 0 Å². The largest absolute Gasteiger partial charge is 0.324 e. The Hall–Kier alpha value is -3.99. The number of anilines is 1. The molecule has 0 radical (unpaired) electrons. The maximum absolute atomic E-state index is 14.2. The summed E-state index contributed by atoms with van der Waals surface area (Å²) in [6.07, 6.45) is 0.141. The molecule has 2 amide bonds. The van der Waals surface area contributed by atoms with Crippen molar-refractivity contribution in [1.82, 2.24) is 4.90 Å². The molecule has 0 spiro atoms. The van der Waals surface area contributed by atoms with Gasteiger partial charge >= 0.3 is 0 Å². The Morgan fingerprint density at radius 2 is 1.69 bits per heavy atom. The zero-order chi connectivity index (χ0) is 22.1. The minimum Gasteiger partial charge on any atom is -0.324 e. The number of benzene rings is 4. The van der Waals surface area contributed by atoms with Crippen LogP contribution in [-0.4, -0.2) is 23.3 Å². The van der Waals surface area contributed by atoms with Crippen LogP contribution in [0.15, 0.2) is 91.0 Å². The van der Waals surface area contributed by atoms with Gasteiger partial charge in [0.2, 0.25) is 11.8 Å². The molecular formula is C27H21FN2O2. The van der Waals surface area contributed by atoms with Crippen LogP contribution in [0.2, 0.25) is 0 Å². The Balaban J connectivity index is 1.60. The number of carbonyl (C=O) groups excluding carboxylic acids is 2. The molecular weight excluding hydrogens is 403 g/mol. The van der Waals surface area contributed by atoms with Crippen molar-refractivity contribution in [2.45, 2.75) is 12.5 Å². The number of hydrogen-bond donors (Lipinski definition) is 1. The lowest BCUT2D eigenvalue weighted by molar-refractivity contribution is -0.135. The minimum absolute atomic E-state index is 0.112. The van der Waals surface area contributed by atoms with E-state index in [1.165, 1.54) is 12.1 Å². The molecule has 0 aromatic heterocycles. The molecule has 1 heterocycles. The van der Waals surface area contributed by atoms with Crippen molar-refractivity contribution in [3.8, 4) is 0 Å². The van der Waals surface area contributed by atoms with Crippen LogP contribution in [0.1, 0.15) is 22.7 Å².